The zero-order valence-electron chi connectivity index (χ0n) is 19.6. The molecule has 0 saturated carbocycles. The number of hydrogen-bond donors (Lipinski definition) is 1. The van der Waals surface area contributed by atoms with Crippen molar-refractivity contribution in [1.29, 1.82) is 0 Å². The Balaban J connectivity index is 1.84. The average molecular weight is 476 g/mol. The maximum absolute atomic E-state index is 14.4. The summed E-state index contributed by atoms with van der Waals surface area (Å²) in [5.41, 5.74) is 2.75. The standard InChI is InChI=1S/C24H30FN3O4S/c1-6-27(7-2)33(31,32)19-11-16(4)17(5)21(13-19)26-24(30)18-12-23(29)28(14-18)22-9-8-15(3)10-20(22)25/h8-11,13,18H,6-7,12,14H2,1-5H3,(H,26,30). The van der Waals surface area contributed by atoms with Crippen LogP contribution >= 0.6 is 0 Å². The Bertz CT molecular complexity index is 1190. The van der Waals surface area contributed by atoms with E-state index in [1.807, 2.05) is 0 Å². The molecule has 0 aromatic heterocycles. The maximum Gasteiger partial charge on any atom is 0.243 e. The first-order valence-corrected chi connectivity index (χ1v) is 12.4. The van der Waals surface area contributed by atoms with Crippen LogP contribution in [0.3, 0.4) is 0 Å². The molecular formula is C24H30FN3O4S. The zero-order valence-corrected chi connectivity index (χ0v) is 20.4. The molecule has 3 rings (SSSR count). The number of nitrogens with zero attached hydrogens (tertiary/aromatic N) is 2. The maximum atomic E-state index is 14.4. The van der Waals surface area contributed by atoms with E-state index in [9.17, 15) is 22.4 Å². The third kappa shape index (κ3) is 4.94. The Labute approximate surface area is 194 Å². The minimum atomic E-state index is -3.70. The number of benzene rings is 2. The molecule has 1 saturated heterocycles. The van der Waals surface area contributed by atoms with Gasteiger partial charge in [0.25, 0.3) is 0 Å². The smallest absolute Gasteiger partial charge is 0.243 e. The number of amides is 2. The predicted molar refractivity (Wildman–Crippen MR) is 126 cm³/mol. The number of anilines is 2. The van der Waals surface area contributed by atoms with Crippen LogP contribution in [0.25, 0.3) is 0 Å². The van der Waals surface area contributed by atoms with Gasteiger partial charge in [-0.25, -0.2) is 12.8 Å². The largest absolute Gasteiger partial charge is 0.325 e. The molecule has 33 heavy (non-hydrogen) atoms. The van der Waals surface area contributed by atoms with E-state index in [-0.39, 0.29) is 29.5 Å². The van der Waals surface area contributed by atoms with Crippen LogP contribution in [0.1, 0.15) is 37.0 Å². The van der Waals surface area contributed by atoms with Crippen molar-refractivity contribution in [2.45, 2.75) is 45.9 Å². The Kier molecular flexibility index (Phi) is 7.23. The lowest BCUT2D eigenvalue weighted by molar-refractivity contribution is -0.122. The third-order valence-corrected chi connectivity index (χ3v) is 8.16. The first-order chi connectivity index (χ1) is 15.5. The summed E-state index contributed by atoms with van der Waals surface area (Å²) in [6.07, 6.45) is -0.0470. The van der Waals surface area contributed by atoms with E-state index in [4.69, 9.17) is 0 Å². The van der Waals surface area contributed by atoms with E-state index in [0.717, 1.165) is 16.7 Å². The molecule has 2 aromatic rings. The average Bonchev–Trinajstić information content (AvgIpc) is 3.13. The van der Waals surface area contributed by atoms with Crippen LogP contribution in [0.4, 0.5) is 15.8 Å². The number of halogens is 1. The van der Waals surface area contributed by atoms with Gasteiger partial charge in [-0.2, -0.15) is 4.31 Å². The van der Waals surface area contributed by atoms with Gasteiger partial charge in [0.05, 0.1) is 16.5 Å². The van der Waals surface area contributed by atoms with Crippen LogP contribution in [-0.2, 0) is 19.6 Å². The minimum absolute atomic E-state index is 0.0470. The lowest BCUT2D eigenvalue weighted by atomic mass is 10.1. The summed E-state index contributed by atoms with van der Waals surface area (Å²) in [6.45, 7) is 9.61. The van der Waals surface area contributed by atoms with E-state index in [1.165, 1.54) is 27.4 Å². The lowest BCUT2D eigenvalue weighted by Crippen LogP contribution is -2.31. The monoisotopic (exact) mass is 475 g/mol. The predicted octanol–water partition coefficient (Wildman–Crippen LogP) is 3.77. The van der Waals surface area contributed by atoms with Crippen molar-refractivity contribution < 1.29 is 22.4 Å². The summed E-state index contributed by atoms with van der Waals surface area (Å²) in [6, 6.07) is 7.66. The molecule has 0 aliphatic carbocycles. The fourth-order valence-corrected chi connectivity index (χ4v) is 5.57. The van der Waals surface area contributed by atoms with Crippen molar-refractivity contribution in [2.75, 3.05) is 29.9 Å². The molecule has 1 fully saturated rings. The van der Waals surface area contributed by atoms with Crippen LogP contribution in [-0.4, -0.2) is 44.2 Å². The normalized spacial score (nSPS) is 16.5. The Morgan fingerprint density at radius 2 is 1.82 bits per heavy atom. The zero-order chi connectivity index (χ0) is 24.5. The van der Waals surface area contributed by atoms with Gasteiger partial charge < -0.3 is 10.2 Å². The van der Waals surface area contributed by atoms with Crippen LogP contribution in [0.2, 0.25) is 0 Å². The second-order valence-electron chi connectivity index (χ2n) is 8.35. The molecule has 0 spiro atoms. The summed E-state index contributed by atoms with van der Waals surface area (Å²) in [7, 11) is -3.70. The van der Waals surface area contributed by atoms with Crippen molar-refractivity contribution in [3.8, 4) is 0 Å². The number of nitrogens with one attached hydrogen (secondary N) is 1. The molecule has 7 nitrogen and oxygen atoms in total. The lowest BCUT2D eigenvalue weighted by Gasteiger charge is -2.21. The highest BCUT2D eigenvalue weighted by Gasteiger charge is 2.36. The third-order valence-electron chi connectivity index (χ3n) is 6.13. The van der Waals surface area contributed by atoms with Gasteiger partial charge in [0.15, 0.2) is 0 Å². The number of aryl methyl sites for hydroxylation is 2. The fraction of sp³-hybridized carbons (Fsp3) is 0.417. The SMILES string of the molecule is CCN(CC)S(=O)(=O)c1cc(C)c(C)c(NC(=O)C2CC(=O)N(c3ccc(C)cc3F)C2)c1. The highest BCUT2D eigenvalue weighted by Crippen LogP contribution is 2.30. The van der Waals surface area contributed by atoms with Crippen molar-refractivity contribution in [2.24, 2.45) is 5.92 Å². The van der Waals surface area contributed by atoms with E-state index in [2.05, 4.69) is 5.32 Å². The molecule has 1 aliphatic rings. The molecule has 2 aromatic carbocycles. The highest BCUT2D eigenvalue weighted by molar-refractivity contribution is 7.89. The summed E-state index contributed by atoms with van der Waals surface area (Å²) < 4.78 is 41.7. The van der Waals surface area contributed by atoms with E-state index in [1.54, 1.807) is 46.8 Å². The van der Waals surface area contributed by atoms with E-state index in [0.29, 0.717) is 18.8 Å². The topological polar surface area (TPSA) is 86.8 Å². The molecule has 1 unspecified atom stereocenters. The van der Waals surface area contributed by atoms with Crippen molar-refractivity contribution in [3.63, 3.8) is 0 Å². The molecule has 178 valence electrons. The molecule has 0 radical (unpaired) electrons. The second kappa shape index (κ2) is 9.61. The van der Waals surface area contributed by atoms with Crippen molar-refractivity contribution in [3.05, 3.63) is 52.8 Å². The van der Waals surface area contributed by atoms with Crippen LogP contribution < -0.4 is 10.2 Å². The van der Waals surface area contributed by atoms with Gasteiger partial charge in [-0.1, -0.05) is 19.9 Å². The molecule has 2 amide bonds. The van der Waals surface area contributed by atoms with Gasteiger partial charge in [0, 0.05) is 31.7 Å². The van der Waals surface area contributed by atoms with Crippen molar-refractivity contribution >= 4 is 33.2 Å². The van der Waals surface area contributed by atoms with Crippen LogP contribution in [0, 0.1) is 32.5 Å². The van der Waals surface area contributed by atoms with E-state index >= 15 is 0 Å². The Morgan fingerprint density at radius 1 is 1.15 bits per heavy atom. The number of hydrogen-bond acceptors (Lipinski definition) is 4. The number of carbonyl (C=O) groups is 2. The Hall–Kier alpha value is -2.78. The number of carbonyl (C=O) groups excluding carboxylic acids is 2. The molecule has 1 heterocycles. The Morgan fingerprint density at radius 3 is 2.42 bits per heavy atom. The fourth-order valence-electron chi connectivity index (χ4n) is 4.00. The molecule has 1 atom stereocenters. The minimum Gasteiger partial charge on any atom is -0.325 e. The quantitative estimate of drug-likeness (QED) is 0.660. The molecular weight excluding hydrogens is 445 g/mol. The summed E-state index contributed by atoms with van der Waals surface area (Å²) in [5.74, 6) is -1.92. The highest BCUT2D eigenvalue weighted by atomic mass is 32.2. The van der Waals surface area contributed by atoms with Gasteiger partial charge in [-0.3, -0.25) is 9.59 Å². The van der Waals surface area contributed by atoms with Gasteiger partial charge in [-0.05, 0) is 61.7 Å². The molecule has 0 bridgehead atoms. The second-order valence-corrected chi connectivity index (χ2v) is 10.3. The molecule has 1 N–H and O–H groups in total. The summed E-state index contributed by atoms with van der Waals surface area (Å²) in [5, 5.41) is 2.80. The van der Waals surface area contributed by atoms with Crippen molar-refractivity contribution in [1.82, 2.24) is 4.31 Å². The molecule has 9 heteroatoms. The first kappa shape index (κ1) is 24.9. The van der Waals surface area contributed by atoms with Gasteiger partial charge in [0.2, 0.25) is 21.8 Å². The van der Waals surface area contributed by atoms with Crippen LogP contribution in [0.5, 0.6) is 0 Å². The summed E-state index contributed by atoms with van der Waals surface area (Å²) in [4.78, 5) is 26.9. The summed E-state index contributed by atoms with van der Waals surface area (Å²) >= 11 is 0. The molecule has 1 aliphatic heterocycles. The van der Waals surface area contributed by atoms with Gasteiger partial charge in [-0.15, -0.1) is 0 Å². The number of rotatable bonds is 7. The van der Waals surface area contributed by atoms with Crippen LogP contribution in [0.15, 0.2) is 35.2 Å². The van der Waals surface area contributed by atoms with Gasteiger partial charge >= 0.3 is 0 Å². The van der Waals surface area contributed by atoms with Gasteiger partial charge in [0.1, 0.15) is 5.82 Å². The number of sulfonamides is 1. The van der Waals surface area contributed by atoms with E-state index < -0.39 is 27.7 Å². The first-order valence-electron chi connectivity index (χ1n) is 11.0.